The lowest BCUT2D eigenvalue weighted by Crippen LogP contribution is -2.19. The molecule has 1 aromatic rings. The molecule has 0 aliphatic rings. The van der Waals surface area contributed by atoms with Gasteiger partial charge in [0.2, 0.25) is 0 Å². The van der Waals surface area contributed by atoms with E-state index in [9.17, 15) is 10.2 Å². The van der Waals surface area contributed by atoms with Crippen LogP contribution in [-0.4, -0.2) is 28.0 Å². The van der Waals surface area contributed by atoms with Crippen molar-refractivity contribution in [2.45, 2.75) is 38.4 Å². The van der Waals surface area contributed by atoms with Gasteiger partial charge in [0, 0.05) is 6.61 Å². The summed E-state index contributed by atoms with van der Waals surface area (Å²) < 4.78 is 0. The summed E-state index contributed by atoms with van der Waals surface area (Å²) in [5, 5.41) is 28.0. The Bertz CT molecular complexity index is 295. The maximum Gasteiger partial charge on any atom is 0.105 e. The zero-order valence-corrected chi connectivity index (χ0v) is 9.63. The van der Waals surface area contributed by atoms with E-state index in [0.29, 0.717) is 5.56 Å². The summed E-state index contributed by atoms with van der Waals surface area (Å²) in [5.74, 6) is 0. The third-order valence-electron chi connectivity index (χ3n) is 2.65. The van der Waals surface area contributed by atoms with Crippen LogP contribution in [0.5, 0.6) is 0 Å². The summed E-state index contributed by atoms with van der Waals surface area (Å²) in [4.78, 5) is 0. The van der Waals surface area contributed by atoms with E-state index in [-0.39, 0.29) is 13.0 Å². The van der Waals surface area contributed by atoms with Crippen molar-refractivity contribution in [3.05, 3.63) is 35.4 Å². The Hall–Kier alpha value is -0.900. The Morgan fingerprint density at radius 3 is 2.25 bits per heavy atom. The van der Waals surface area contributed by atoms with Crippen LogP contribution in [0, 0.1) is 0 Å². The van der Waals surface area contributed by atoms with Gasteiger partial charge in [-0.15, -0.1) is 0 Å². The van der Waals surface area contributed by atoms with E-state index < -0.39 is 12.2 Å². The Morgan fingerprint density at radius 2 is 1.75 bits per heavy atom. The van der Waals surface area contributed by atoms with Gasteiger partial charge in [-0.25, -0.2) is 0 Å². The van der Waals surface area contributed by atoms with Crippen molar-refractivity contribution in [3.63, 3.8) is 0 Å². The molecular formula is C13H20O3. The quantitative estimate of drug-likeness (QED) is 0.685. The van der Waals surface area contributed by atoms with Crippen LogP contribution in [0.4, 0.5) is 0 Å². The highest BCUT2D eigenvalue weighted by Gasteiger charge is 2.17. The zero-order chi connectivity index (χ0) is 12.0. The molecule has 0 aromatic heterocycles. The van der Waals surface area contributed by atoms with Crippen LogP contribution in [0.2, 0.25) is 0 Å². The highest BCUT2D eigenvalue weighted by molar-refractivity contribution is 5.24. The minimum absolute atomic E-state index is 0.119. The maximum atomic E-state index is 9.78. The van der Waals surface area contributed by atoms with E-state index in [0.717, 1.165) is 12.8 Å². The van der Waals surface area contributed by atoms with Crippen LogP contribution in [0.15, 0.2) is 24.3 Å². The van der Waals surface area contributed by atoms with Gasteiger partial charge in [-0.2, -0.15) is 0 Å². The summed E-state index contributed by atoms with van der Waals surface area (Å²) in [6.07, 6.45) is 0.493. The molecule has 2 atom stereocenters. The monoisotopic (exact) mass is 224 g/mol. The third-order valence-corrected chi connectivity index (χ3v) is 2.65. The topological polar surface area (TPSA) is 60.7 Å². The van der Waals surface area contributed by atoms with Crippen molar-refractivity contribution < 1.29 is 15.3 Å². The van der Waals surface area contributed by atoms with Crippen molar-refractivity contribution in [3.8, 4) is 0 Å². The van der Waals surface area contributed by atoms with Crippen LogP contribution < -0.4 is 0 Å². The molecule has 16 heavy (non-hydrogen) atoms. The molecule has 1 rings (SSSR count). The second-order valence-corrected chi connectivity index (χ2v) is 4.02. The van der Waals surface area contributed by atoms with E-state index in [4.69, 9.17) is 5.11 Å². The van der Waals surface area contributed by atoms with E-state index in [2.05, 4.69) is 6.92 Å². The summed E-state index contributed by atoms with van der Waals surface area (Å²) in [7, 11) is 0. The first kappa shape index (κ1) is 13.2. The predicted octanol–water partition coefficient (Wildman–Crippen LogP) is 1.42. The number of benzene rings is 1. The van der Waals surface area contributed by atoms with E-state index in [1.807, 2.05) is 24.3 Å². The van der Waals surface area contributed by atoms with Gasteiger partial charge in [0.15, 0.2) is 0 Å². The number of rotatable bonds is 6. The molecule has 0 saturated heterocycles. The van der Waals surface area contributed by atoms with Crippen LogP contribution in [0.3, 0.4) is 0 Å². The number of hydrogen-bond donors (Lipinski definition) is 3. The van der Waals surface area contributed by atoms with Gasteiger partial charge in [-0.3, -0.25) is 0 Å². The molecule has 0 saturated carbocycles. The average Bonchev–Trinajstić information content (AvgIpc) is 2.30. The molecule has 0 aliphatic carbocycles. The maximum absolute atomic E-state index is 9.78. The van der Waals surface area contributed by atoms with E-state index >= 15 is 0 Å². The molecule has 3 N–H and O–H groups in total. The van der Waals surface area contributed by atoms with Gasteiger partial charge < -0.3 is 15.3 Å². The van der Waals surface area contributed by atoms with Gasteiger partial charge in [-0.05, 0) is 24.0 Å². The Balaban J connectivity index is 2.65. The molecule has 0 aliphatic heterocycles. The Morgan fingerprint density at radius 1 is 1.12 bits per heavy atom. The first-order chi connectivity index (χ1) is 7.69. The van der Waals surface area contributed by atoms with Crippen molar-refractivity contribution in [1.29, 1.82) is 0 Å². The molecule has 0 radical (unpaired) electrons. The van der Waals surface area contributed by atoms with Crippen molar-refractivity contribution in [1.82, 2.24) is 0 Å². The summed E-state index contributed by atoms with van der Waals surface area (Å²) >= 11 is 0. The smallest absolute Gasteiger partial charge is 0.105 e. The minimum Gasteiger partial charge on any atom is -0.396 e. The lowest BCUT2D eigenvalue weighted by Gasteiger charge is -2.17. The molecule has 2 unspecified atom stereocenters. The van der Waals surface area contributed by atoms with E-state index in [1.165, 1.54) is 5.56 Å². The summed E-state index contributed by atoms with van der Waals surface area (Å²) in [5.41, 5.74) is 1.93. The second-order valence-electron chi connectivity index (χ2n) is 4.02. The predicted molar refractivity (Wildman–Crippen MR) is 63.1 cm³/mol. The van der Waals surface area contributed by atoms with Gasteiger partial charge in [0.05, 0.1) is 6.10 Å². The molecule has 3 nitrogen and oxygen atoms in total. The minimum atomic E-state index is -0.914. The van der Waals surface area contributed by atoms with Gasteiger partial charge >= 0.3 is 0 Å². The highest BCUT2D eigenvalue weighted by Crippen LogP contribution is 2.19. The molecule has 3 heteroatoms. The lowest BCUT2D eigenvalue weighted by molar-refractivity contribution is 0.00421. The van der Waals surface area contributed by atoms with Crippen LogP contribution in [-0.2, 0) is 6.42 Å². The molecule has 90 valence electrons. The molecular weight excluding hydrogens is 204 g/mol. The molecule has 1 aromatic carbocycles. The lowest BCUT2D eigenvalue weighted by atomic mass is 10.00. The number of hydrogen-bond acceptors (Lipinski definition) is 3. The largest absolute Gasteiger partial charge is 0.396 e. The fourth-order valence-corrected chi connectivity index (χ4v) is 1.68. The van der Waals surface area contributed by atoms with Crippen LogP contribution >= 0.6 is 0 Å². The normalized spacial score (nSPS) is 14.8. The highest BCUT2D eigenvalue weighted by atomic mass is 16.3. The van der Waals surface area contributed by atoms with Gasteiger partial charge in [0.25, 0.3) is 0 Å². The number of aryl methyl sites for hydroxylation is 1. The van der Waals surface area contributed by atoms with Crippen LogP contribution in [0.1, 0.15) is 37.0 Å². The number of aliphatic hydroxyl groups excluding tert-OH is 3. The fraction of sp³-hybridized carbons (Fsp3) is 0.538. The van der Waals surface area contributed by atoms with E-state index in [1.54, 1.807) is 0 Å². The van der Waals surface area contributed by atoms with Crippen molar-refractivity contribution >= 4 is 0 Å². The van der Waals surface area contributed by atoms with Crippen molar-refractivity contribution in [2.75, 3.05) is 6.61 Å². The average molecular weight is 224 g/mol. The second kappa shape index (κ2) is 6.63. The molecule has 0 heterocycles. The van der Waals surface area contributed by atoms with Gasteiger partial charge in [0.1, 0.15) is 6.10 Å². The molecule has 0 amide bonds. The SMILES string of the molecule is CCCc1ccc(C(O)C(O)CCO)cc1. The van der Waals surface area contributed by atoms with Crippen molar-refractivity contribution in [2.24, 2.45) is 0 Å². The summed E-state index contributed by atoms with van der Waals surface area (Å²) in [6, 6.07) is 7.59. The first-order valence-electron chi connectivity index (χ1n) is 5.74. The standard InChI is InChI=1S/C13H20O3/c1-2-3-10-4-6-11(7-5-10)13(16)12(15)8-9-14/h4-7,12-16H,2-3,8-9H2,1H3. The molecule has 0 fully saturated rings. The first-order valence-corrected chi connectivity index (χ1v) is 5.74. The van der Waals surface area contributed by atoms with Crippen LogP contribution in [0.25, 0.3) is 0 Å². The van der Waals surface area contributed by atoms with Gasteiger partial charge in [-0.1, -0.05) is 37.6 Å². The fourth-order valence-electron chi connectivity index (χ4n) is 1.68. The zero-order valence-electron chi connectivity index (χ0n) is 9.63. The molecule has 0 bridgehead atoms. The number of aliphatic hydroxyl groups is 3. The Kier molecular flexibility index (Phi) is 5.46. The molecule has 0 spiro atoms. The summed E-state index contributed by atoms with van der Waals surface area (Å²) in [6.45, 7) is 2.00. The third kappa shape index (κ3) is 3.59. The Labute approximate surface area is 96.4 Å².